The monoisotopic (exact) mass is 456 g/mol. The van der Waals surface area contributed by atoms with Gasteiger partial charge in [0.05, 0.1) is 0 Å². The van der Waals surface area contributed by atoms with Gasteiger partial charge in [-0.25, -0.2) is 0 Å². The van der Waals surface area contributed by atoms with Gasteiger partial charge in [0.25, 0.3) is 0 Å². The van der Waals surface area contributed by atoms with Gasteiger partial charge < -0.3 is 10.2 Å². The number of guanidine groups is 1. The fourth-order valence-electron chi connectivity index (χ4n) is 3.58. The zero-order valence-electron chi connectivity index (χ0n) is 15.4. The summed E-state index contributed by atoms with van der Waals surface area (Å²) in [6.07, 6.45) is 4.11. The fraction of sp³-hybridized carbons (Fsp3) is 0.611. The van der Waals surface area contributed by atoms with Crippen molar-refractivity contribution >= 4 is 35.6 Å². The second-order valence-corrected chi connectivity index (χ2v) is 6.88. The van der Waals surface area contributed by atoms with Gasteiger partial charge in [-0.2, -0.15) is 0 Å². The smallest absolute Gasteiger partial charge is 0.193 e. The largest absolute Gasteiger partial charge is 0.357 e. The van der Waals surface area contributed by atoms with Gasteiger partial charge in [0, 0.05) is 38.8 Å². The number of pyridine rings is 1. The molecule has 0 aromatic carbocycles. The maximum Gasteiger partial charge on any atom is 0.193 e. The molecular weight excluding hydrogens is 427 g/mol. The normalized spacial score (nSPS) is 21.2. The summed E-state index contributed by atoms with van der Waals surface area (Å²) in [6, 6.07) is 5.96. The van der Waals surface area contributed by atoms with E-state index in [4.69, 9.17) is 4.99 Å². The van der Waals surface area contributed by atoms with Crippen LogP contribution in [-0.4, -0.2) is 51.6 Å². The Morgan fingerprint density at radius 2 is 2.00 bits per heavy atom. The Morgan fingerprint density at radius 1 is 1.24 bits per heavy atom. The highest BCUT2D eigenvalue weighted by Gasteiger charge is 2.23. The van der Waals surface area contributed by atoms with Crippen LogP contribution in [0.3, 0.4) is 0 Å². The van der Waals surface area contributed by atoms with E-state index in [9.17, 15) is 0 Å². The Hall–Kier alpha value is -1.38. The van der Waals surface area contributed by atoms with Crippen molar-refractivity contribution in [2.45, 2.75) is 33.6 Å². The molecule has 2 atom stereocenters. The molecule has 25 heavy (non-hydrogen) atoms. The molecule has 0 saturated carbocycles. The average Bonchev–Trinajstić information content (AvgIpc) is 2.96. The third kappa shape index (κ3) is 5.05. The molecule has 1 N–H and O–H groups in total. The minimum Gasteiger partial charge on any atom is -0.357 e. The van der Waals surface area contributed by atoms with Gasteiger partial charge in [-0.15, -0.1) is 34.2 Å². The number of fused-ring (bicyclic) bond motifs is 1. The number of nitrogens with one attached hydrogen (secondary N) is 1. The molecule has 138 valence electrons. The summed E-state index contributed by atoms with van der Waals surface area (Å²) in [6.45, 7) is 10.6. The van der Waals surface area contributed by atoms with Gasteiger partial charge in [0.2, 0.25) is 0 Å². The van der Waals surface area contributed by atoms with Crippen molar-refractivity contribution in [3.05, 3.63) is 30.2 Å². The van der Waals surface area contributed by atoms with Crippen molar-refractivity contribution in [2.24, 2.45) is 16.8 Å². The minimum atomic E-state index is 0. The molecule has 3 heterocycles. The highest BCUT2D eigenvalue weighted by Crippen LogP contribution is 2.20. The molecule has 0 amide bonds. The Morgan fingerprint density at radius 3 is 2.72 bits per heavy atom. The standard InChI is InChI=1S/C18H28N6.HI/c1-4-19-18(23-12-14(2)11-15(3)13-23)20-9-8-17-22-21-16-7-5-6-10-24(16)17;/h5-7,10,14-15H,4,8-9,11-13H2,1-3H3,(H,19,20);1H. The van der Waals surface area contributed by atoms with Gasteiger partial charge in [0.15, 0.2) is 11.6 Å². The van der Waals surface area contributed by atoms with E-state index in [2.05, 4.69) is 41.2 Å². The van der Waals surface area contributed by atoms with Gasteiger partial charge in [-0.3, -0.25) is 9.39 Å². The van der Waals surface area contributed by atoms with Gasteiger partial charge in [-0.05, 0) is 37.3 Å². The minimum absolute atomic E-state index is 0. The Bertz CT molecular complexity index is 688. The molecule has 1 fully saturated rings. The first-order chi connectivity index (χ1) is 11.7. The molecule has 6 nitrogen and oxygen atoms in total. The zero-order valence-corrected chi connectivity index (χ0v) is 17.7. The molecule has 2 aromatic rings. The lowest BCUT2D eigenvalue weighted by Crippen LogP contribution is -2.48. The average molecular weight is 456 g/mol. The number of aromatic nitrogens is 3. The van der Waals surface area contributed by atoms with Crippen molar-refractivity contribution in [3.63, 3.8) is 0 Å². The first-order valence-electron chi connectivity index (χ1n) is 8.99. The van der Waals surface area contributed by atoms with E-state index in [1.807, 2.05) is 28.8 Å². The van der Waals surface area contributed by atoms with Crippen LogP contribution in [0.5, 0.6) is 0 Å². The second kappa shape index (κ2) is 9.35. The van der Waals surface area contributed by atoms with Crippen LogP contribution in [-0.2, 0) is 6.42 Å². The van der Waals surface area contributed by atoms with E-state index in [1.165, 1.54) is 6.42 Å². The predicted octanol–water partition coefficient (Wildman–Crippen LogP) is 2.83. The lowest BCUT2D eigenvalue weighted by atomic mass is 9.92. The molecule has 2 unspecified atom stereocenters. The van der Waals surface area contributed by atoms with E-state index in [0.717, 1.165) is 61.9 Å². The number of halogens is 1. The molecule has 0 aliphatic carbocycles. The van der Waals surface area contributed by atoms with Crippen molar-refractivity contribution in [1.29, 1.82) is 0 Å². The molecule has 0 spiro atoms. The maximum absolute atomic E-state index is 4.84. The Kier molecular flexibility index (Phi) is 7.46. The molecule has 2 aromatic heterocycles. The van der Waals surface area contributed by atoms with Crippen LogP contribution in [0.2, 0.25) is 0 Å². The highest BCUT2D eigenvalue weighted by molar-refractivity contribution is 14.0. The van der Waals surface area contributed by atoms with Crippen molar-refractivity contribution < 1.29 is 0 Å². The van der Waals surface area contributed by atoms with Gasteiger partial charge >= 0.3 is 0 Å². The van der Waals surface area contributed by atoms with Crippen molar-refractivity contribution in [2.75, 3.05) is 26.2 Å². The SMILES string of the molecule is CCNC(=NCCc1nnc2ccccn12)N1CC(C)CC(C)C1.I. The molecule has 0 radical (unpaired) electrons. The van der Waals surface area contributed by atoms with Gasteiger partial charge in [-0.1, -0.05) is 19.9 Å². The molecule has 7 heteroatoms. The van der Waals surface area contributed by atoms with Crippen LogP contribution in [0.4, 0.5) is 0 Å². The van der Waals surface area contributed by atoms with E-state index < -0.39 is 0 Å². The summed E-state index contributed by atoms with van der Waals surface area (Å²) in [5, 5.41) is 11.9. The maximum atomic E-state index is 4.84. The fourth-order valence-corrected chi connectivity index (χ4v) is 3.58. The summed E-state index contributed by atoms with van der Waals surface area (Å²) in [4.78, 5) is 7.25. The zero-order chi connectivity index (χ0) is 16.9. The van der Waals surface area contributed by atoms with Crippen LogP contribution >= 0.6 is 24.0 Å². The van der Waals surface area contributed by atoms with Crippen LogP contribution < -0.4 is 5.32 Å². The number of piperidine rings is 1. The summed E-state index contributed by atoms with van der Waals surface area (Å²) in [7, 11) is 0. The van der Waals surface area contributed by atoms with Gasteiger partial charge in [0.1, 0.15) is 5.82 Å². The lowest BCUT2D eigenvalue weighted by molar-refractivity contribution is 0.208. The summed E-state index contributed by atoms with van der Waals surface area (Å²) >= 11 is 0. The lowest BCUT2D eigenvalue weighted by Gasteiger charge is -2.37. The number of hydrogen-bond donors (Lipinski definition) is 1. The van der Waals surface area contributed by atoms with E-state index >= 15 is 0 Å². The summed E-state index contributed by atoms with van der Waals surface area (Å²) in [5.74, 6) is 3.44. The summed E-state index contributed by atoms with van der Waals surface area (Å²) < 4.78 is 2.04. The molecule has 0 bridgehead atoms. The van der Waals surface area contributed by atoms with Crippen LogP contribution in [0, 0.1) is 11.8 Å². The Labute approximate surface area is 167 Å². The molecule has 1 aliphatic rings. The first kappa shape index (κ1) is 19.9. The first-order valence-corrected chi connectivity index (χ1v) is 8.99. The number of rotatable bonds is 4. The van der Waals surface area contributed by atoms with Crippen molar-refractivity contribution in [1.82, 2.24) is 24.8 Å². The number of aliphatic imine (C=N–C) groups is 1. The van der Waals surface area contributed by atoms with Crippen LogP contribution in [0.25, 0.3) is 5.65 Å². The number of likely N-dealkylation sites (tertiary alicyclic amines) is 1. The number of nitrogens with zero attached hydrogens (tertiary/aromatic N) is 5. The second-order valence-electron chi connectivity index (χ2n) is 6.88. The van der Waals surface area contributed by atoms with Crippen LogP contribution in [0.15, 0.2) is 29.4 Å². The predicted molar refractivity (Wildman–Crippen MR) is 113 cm³/mol. The van der Waals surface area contributed by atoms with Crippen molar-refractivity contribution in [3.8, 4) is 0 Å². The van der Waals surface area contributed by atoms with E-state index in [0.29, 0.717) is 0 Å². The van der Waals surface area contributed by atoms with E-state index in [1.54, 1.807) is 0 Å². The van der Waals surface area contributed by atoms with Crippen LogP contribution in [0.1, 0.15) is 33.0 Å². The molecular formula is C18H29IN6. The Balaban J connectivity index is 0.00000225. The van der Waals surface area contributed by atoms with E-state index in [-0.39, 0.29) is 24.0 Å². The molecule has 1 saturated heterocycles. The molecule has 1 aliphatic heterocycles. The highest BCUT2D eigenvalue weighted by atomic mass is 127. The number of hydrogen-bond acceptors (Lipinski definition) is 3. The molecule has 3 rings (SSSR count). The third-order valence-electron chi connectivity index (χ3n) is 4.48. The topological polar surface area (TPSA) is 57.8 Å². The summed E-state index contributed by atoms with van der Waals surface area (Å²) in [5.41, 5.74) is 0.891. The quantitative estimate of drug-likeness (QED) is 0.437. The third-order valence-corrected chi connectivity index (χ3v) is 4.48.